The van der Waals surface area contributed by atoms with E-state index in [0.29, 0.717) is 19.3 Å². The average molecular weight is 364 g/mol. The van der Waals surface area contributed by atoms with Gasteiger partial charge in [-0.25, -0.2) is 0 Å². The highest BCUT2D eigenvalue weighted by Crippen LogP contribution is 2.32. The Morgan fingerprint density at radius 3 is 1.36 bits per heavy atom. The maximum atomic E-state index is 11.9. The highest BCUT2D eigenvalue weighted by atomic mass is 28.3. The van der Waals surface area contributed by atoms with Crippen LogP contribution < -0.4 is 5.19 Å². The van der Waals surface area contributed by atoms with E-state index in [0.717, 1.165) is 24.4 Å². The minimum Gasteiger partial charge on any atom is -0.151 e. The SMILES string of the molecule is CCCC(N=O)[Si](c1ccccc1)(C(CCC)N=O)C(CCC)N=O. The van der Waals surface area contributed by atoms with E-state index in [9.17, 15) is 14.7 Å². The predicted molar refractivity (Wildman–Crippen MR) is 105 cm³/mol. The molecule has 0 aliphatic carbocycles. The van der Waals surface area contributed by atoms with Crippen LogP contribution in [0.1, 0.15) is 59.3 Å². The van der Waals surface area contributed by atoms with Gasteiger partial charge in [0.2, 0.25) is 0 Å². The molecule has 0 heterocycles. The van der Waals surface area contributed by atoms with Gasteiger partial charge in [-0.05, 0) is 19.3 Å². The Hall–Kier alpha value is -1.76. The van der Waals surface area contributed by atoms with Gasteiger partial charge in [0.1, 0.15) is 0 Å². The third kappa shape index (κ3) is 4.45. The Bertz CT molecular complexity index is 496. The van der Waals surface area contributed by atoms with E-state index < -0.39 is 25.1 Å². The lowest BCUT2D eigenvalue weighted by molar-refractivity contribution is 0.619. The lowest BCUT2D eigenvalue weighted by Gasteiger charge is -2.41. The molecular weight excluding hydrogens is 334 g/mol. The van der Waals surface area contributed by atoms with Gasteiger partial charge in [0.05, 0.1) is 17.0 Å². The first kappa shape index (κ1) is 21.3. The second-order valence-corrected chi connectivity index (χ2v) is 11.0. The van der Waals surface area contributed by atoms with E-state index in [2.05, 4.69) is 15.5 Å². The maximum absolute atomic E-state index is 11.9. The van der Waals surface area contributed by atoms with E-state index in [1.165, 1.54) is 0 Å². The number of hydrogen-bond donors (Lipinski definition) is 0. The zero-order chi connectivity index (χ0) is 18.7. The first-order chi connectivity index (χ1) is 12.2. The van der Waals surface area contributed by atoms with Crippen LogP contribution in [0, 0.1) is 14.7 Å². The molecule has 0 aliphatic rings. The highest BCUT2D eigenvalue weighted by molar-refractivity contribution is 6.95. The smallest absolute Gasteiger partial charge is 0.151 e. The van der Waals surface area contributed by atoms with Gasteiger partial charge >= 0.3 is 0 Å². The molecule has 0 bridgehead atoms. The zero-order valence-corrected chi connectivity index (χ0v) is 16.4. The standard InChI is InChI=1S/C18H29N3O3Si/c1-4-10-16(19-22)25(17(20-23)11-5-2,18(21-24)12-6-3)15-13-8-7-9-14-15/h7-9,13-14,16-18H,4-6,10-12H2,1-3H3. The van der Waals surface area contributed by atoms with E-state index in [4.69, 9.17) is 0 Å². The van der Waals surface area contributed by atoms with E-state index in [1.54, 1.807) is 0 Å². The molecule has 1 aromatic rings. The van der Waals surface area contributed by atoms with Crippen molar-refractivity contribution in [3.63, 3.8) is 0 Å². The van der Waals surface area contributed by atoms with Gasteiger partial charge in [0.25, 0.3) is 0 Å². The molecule has 0 aromatic heterocycles. The van der Waals surface area contributed by atoms with Crippen molar-refractivity contribution in [2.24, 2.45) is 15.5 Å². The van der Waals surface area contributed by atoms with Crippen LogP contribution in [0.15, 0.2) is 45.9 Å². The molecule has 0 saturated heterocycles. The van der Waals surface area contributed by atoms with Crippen LogP contribution in [0.3, 0.4) is 0 Å². The Kier molecular flexibility index (Phi) is 9.34. The number of benzene rings is 1. The minimum absolute atomic E-state index is 0.552. The highest BCUT2D eigenvalue weighted by Gasteiger charge is 2.57. The fraction of sp³-hybridized carbons (Fsp3) is 0.667. The molecular formula is C18H29N3O3Si. The summed E-state index contributed by atoms with van der Waals surface area (Å²) in [5.41, 5.74) is -1.74. The van der Waals surface area contributed by atoms with Crippen LogP contribution in [0.4, 0.5) is 0 Å². The molecule has 0 radical (unpaired) electrons. The Labute approximate surface area is 150 Å². The maximum Gasteiger partial charge on any atom is 0.179 e. The third-order valence-electron chi connectivity index (χ3n) is 5.00. The summed E-state index contributed by atoms with van der Waals surface area (Å²) in [6, 6.07) is 9.49. The van der Waals surface area contributed by atoms with E-state index in [-0.39, 0.29) is 0 Å². The largest absolute Gasteiger partial charge is 0.179 e. The monoisotopic (exact) mass is 363 g/mol. The number of nitrogens with zero attached hydrogens (tertiary/aromatic N) is 3. The second kappa shape index (κ2) is 11.0. The van der Waals surface area contributed by atoms with Crippen molar-refractivity contribution in [2.75, 3.05) is 0 Å². The molecule has 0 amide bonds. The average Bonchev–Trinajstić information content (AvgIpc) is 2.66. The fourth-order valence-corrected chi connectivity index (χ4v) is 10.0. The van der Waals surface area contributed by atoms with Gasteiger partial charge in [0.15, 0.2) is 8.07 Å². The molecule has 1 rings (SSSR count). The van der Waals surface area contributed by atoms with Crippen molar-refractivity contribution >= 4 is 13.3 Å². The van der Waals surface area contributed by atoms with Gasteiger partial charge in [-0.1, -0.05) is 91.1 Å². The van der Waals surface area contributed by atoms with Gasteiger partial charge in [0, 0.05) is 0 Å². The minimum atomic E-state index is -3.06. The molecule has 25 heavy (non-hydrogen) atoms. The zero-order valence-electron chi connectivity index (χ0n) is 15.4. The number of rotatable bonds is 13. The Morgan fingerprint density at radius 2 is 1.08 bits per heavy atom. The number of hydrogen-bond acceptors (Lipinski definition) is 6. The van der Waals surface area contributed by atoms with Crippen molar-refractivity contribution in [1.29, 1.82) is 0 Å². The van der Waals surface area contributed by atoms with Crippen LogP contribution in [0.25, 0.3) is 0 Å². The normalized spacial score (nSPS) is 17.1. The summed E-state index contributed by atoms with van der Waals surface area (Å²) >= 11 is 0. The fourth-order valence-electron chi connectivity index (χ4n) is 3.93. The molecule has 1 aromatic carbocycles. The summed E-state index contributed by atoms with van der Waals surface area (Å²) in [6.45, 7) is 5.94. The van der Waals surface area contributed by atoms with Gasteiger partial charge in [-0.3, -0.25) is 0 Å². The van der Waals surface area contributed by atoms with Crippen molar-refractivity contribution in [1.82, 2.24) is 0 Å². The van der Waals surface area contributed by atoms with Gasteiger partial charge in [-0.2, -0.15) is 14.7 Å². The van der Waals surface area contributed by atoms with Crippen molar-refractivity contribution in [2.45, 2.75) is 76.3 Å². The van der Waals surface area contributed by atoms with Crippen LogP contribution in [-0.2, 0) is 0 Å². The molecule has 138 valence electrons. The topological polar surface area (TPSA) is 88.3 Å². The molecule has 6 nitrogen and oxygen atoms in total. The second-order valence-electron chi connectivity index (χ2n) is 6.53. The molecule has 0 spiro atoms. The molecule has 0 aliphatic heterocycles. The molecule has 0 N–H and O–H groups in total. The van der Waals surface area contributed by atoms with Crippen LogP contribution >= 0.6 is 0 Å². The van der Waals surface area contributed by atoms with E-state index in [1.807, 2.05) is 51.1 Å². The van der Waals surface area contributed by atoms with Crippen molar-refractivity contribution < 1.29 is 0 Å². The quantitative estimate of drug-likeness (QED) is 0.373. The Balaban J connectivity index is 3.74. The van der Waals surface area contributed by atoms with Crippen LogP contribution in [-0.4, -0.2) is 25.1 Å². The number of nitroso groups, excluding NO2 is 3. The summed E-state index contributed by atoms with van der Waals surface area (Å²) in [5, 5.41) is 11.2. The molecule has 3 atom stereocenters. The summed E-state index contributed by atoms with van der Waals surface area (Å²) in [5.74, 6) is 0. The van der Waals surface area contributed by atoms with Gasteiger partial charge in [-0.15, -0.1) is 0 Å². The molecule has 3 unspecified atom stereocenters. The molecule has 7 heteroatoms. The first-order valence-electron chi connectivity index (χ1n) is 9.20. The van der Waals surface area contributed by atoms with Crippen molar-refractivity contribution in [3.05, 3.63) is 45.1 Å². The predicted octanol–water partition coefficient (Wildman–Crippen LogP) is 4.77. The van der Waals surface area contributed by atoms with Crippen LogP contribution in [0.2, 0.25) is 0 Å². The van der Waals surface area contributed by atoms with Gasteiger partial charge < -0.3 is 0 Å². The first-order valence-corrected chi connectivity index (χ1v) is 11.4. The van der Waals surface area contributed by atoms with Crippen molar-refractivity contribution in [3.8, 4) is 0 Å². The Morgan fingerprint density at radius 1 is 0.720 bits per heavy atom. The third-order valence-corrected chi connectivity index (χ3v) is 10.8. The lowest BCUT2D eigenvalue weighted by Crippen LogP contribution is -2.71. The summed E-state index contributed by atoms with van der Waals surface area (Å²) in [6.07, 6.45) is 3.93. The van der Waals surface area contributed by atoms with Crippen LogP contribution in [0.5, 0.6) is 0 Å². The summed E-state index contributed by atoms with van der Waals surface area (Å²) < 4.78 is 0. The summed E-state index contributed by atoms with van der Waals surface area (Å²) in [7, 11) is -3.06. The lowest BCUT2D eigenvalue weighted by atomic mass is 10.3. The molecule has 0 saturated carbocycles. The van der Waals surface area contributed by atoms with E-state index >= 15 is 0 Å². The molecule has 0 fully saturated rings. The summed E-state index contributed by atoms with van der Waals surface area (Å²) in [4.78, 5) is 35.6.